The average molecular weight is 351 g/mol. The monoisotopic (exact) mass is 351 g/mol. The maximum absolute atomic E-state index is 12.9. The molecule has 1 amide bonds. The molecule has 0 aromatic carbocycles. The SMILES string of the molecule is C[C@@H]1C[C@H]1c1ccc(CN(C(=O)[C@@H]2CCCCS2(=O)=O)C2CC2)o1. The molecular weight excluding hydrogens is 326 g/mol. The predicted octanol–water partition coefficient (Wildman–Crippen LogP) is 2.86. The first-order valence-electron chi connectivity index (χ1n) is 9.06. The highest BCUT2D eigenvalue weighted by atomic mass is 32.2. The van der Waals surface area contributed by atoms with Gasteiger partial charge < -0.3 is 9.32 Å². The summed E-state index contributed by atoms with van der Waals surface area (Å²) in [6.07, 6.45) is 5.05. The second kappa shape index (κ2) is 5.90. The summed E-state index contributed by atoms with van der Waals surface area (Å²) < 4.78 is 30.5. The summed E-state index contributed by atoms with van der Waals surface area (Å²) in [4.78, 5) is 14.7. The van der Waals surface area contributed by atoms with Crippen molar-refractivity contribution < 1.29 is 17.6 Å². The van der Waals surface area contributed by atoms with E-state index in [1.54, 1.807) is 4.90 Å². The van der Waals surface area contributed by atoms with E-state index in [1.165, 1.54) is 6.42 Å². The molecule has 0 bridgehead atoms. The number of hydrogen-bond donors (Lipinski definition) is 0. The van der Waals surface area contributed by atoms with Crippen LogP contribution in [0.5, 0.6) is 0 Å². The minimum Gasteiger partial charge on any atom is -0.464 e. The molecule has 0 spiro atoms. The molecule has 3 fully saturated rings. The number of carbonyl (C=O) groups excluding carboxylic acids is 1. The number of rotatable bonds is 5. The van der Waals surface area contributed by atoms with Crippen molar-refractivity contribution in [2.75, 3.05) is 5.75 Å². The largest absolute Gasteiger partial charge is 0.464 e. The lowest BCUT2D eigenvalue weighted by molar-refractivity contribution is -0.132. The van der Waals surface area contributed by atoms with E-state index in [-0.39, 0.29) is 17.7 Å². The van der Waals surface area contributed by atoms with Gasteiger partial charge in [-0.05, 0) is 50.2 Å². The molecule has 1 aliphatic heterocycles. The maximum Gasteiger partial charge on any atom is 0.241 e. The van der Waals surface area contributed by atoms with E-state index in [4.69, 9.17) is 4.42 Å². The Bertz CT molecular complexity index is 734. The van der Waals surface area contributed by atoms with Gasteiger partial charge >= 0.3 is 0 Å². The van der Waals surface area contributed by atoms with Crippen LogP contribution in [0.2, 0.25) is 0 Å². The van der Waals surface area contributed by atoms with Crippen LogP contribution in [0, 0.1) is 5.92 Å². The molecule has 1 aromatic heterocycles. The molecule has 5 nitrogen and oxygen atoms in total. The van der Waals surface area contributed by atoms with Crippen molar-refractivity contribution in [2.24, 2.45) is 5.92 Å². The molecule has 24 heavy (non-hydrogen) atoms. The molecule has 1 aromatic rings. The molecule has 2 aliphatic carbocycles. The highest BCUT2D eigenvalue weighted by molar-refractivity contribution is 7.92. The zero-order valence-electron chi connectivity index (χ0n) is 14.1. The van der Waals surface area contributed by atoms with Gasteiger partial charge in [0.25, 0.3) is 0 Å². The van der Waals surface area contributed by atoms with Crippen LogP contribution >= 0.6 is 0 Å². The molecule has 0 N–H and O–H groups in total. The lowest BCUT2D eigenvalue weighted by Crippen LogP contribution is -2.45. The van der Waals surface area contributed by atoms with E-state index < -0.39 is 15.1 Å². The molecule has 2 saturated carbocycles. The van der Waals surface area contributed by atoms with Gasteiger partial charge in [0.05, 0.1) is 12.3 Å². The van der Waals surface area contributed by atoms with Crippen LogP contribution in [0.1, 0.15) is 62.9 Å². The van der Waals surface area contributed by atoms with Crippen molar-refractivity contribution in [3.63, 3.8) is 0 Å². The Labute approximate surface area is 143 Å². The van der Waals surface area contributed by atoms with Crippen LogP contribution in [-0.4, -0.2) is 36.3 Å². The van der Waals surface area contributed by atoms with Crippen molar-refractivity contribution in [3.05, 3.63) is 23.7 Å². The van der Waals surface area contributed by atoms with Gasteiger partial charge in [-0.3, -0.25) is 4.79 Å². The van der Waals surface area contributed by atoms with Crippen molar-refractivity contribution in [1.29, 1.82) is 0 Å². The van der Waals surface area contributed by atoms with E-state index >= 15 is 0 Å². The number of sulfone groups is 1. The molecule has 1 saturated heterocycles. The lowest BCUT2D eigenvalue weighted by Gasteiger charge is -2.28. The number of amides is 1. The van der Waals surface area contributed by atoms with E-state index in [0.717, 1.165) is 30.8 Å². The number of hydrogen-bond acceptors (Lipinski definition) is 4. The molecule has 0 radical (unpaired) electrons. The fourth-order valence-corrected chi connectivity index (χ4v) is 5.61. The summed E-state index contributed by atoms with van der Waals surface area (Å²) >= 11 is 0. The van der Waals surface area contributed by atoms with Gasteiger partial charge in [-0.2, -0.15) is 0 Å². The molecular formula is C18H25NO4S. The Morgan fingerprint density at radius 3 is 2.62 bits per heavy atom. The fourth-order valence-electron chi connectivity index (χ4n) is 3.76. The first-order valence-corrected chi connectivity index (χ1v) is 10.8. The molecule has 2 heterocycles. The number of furan rings is 1. The van der Waals surface area contributed by atoms with Crippen LogP contribution in [0.25, 0.3) is 0 Å². The Morgan fingerprint density at radius 2 is 2.00 bits per heavy atom. The third-order valence-electron chi connectivity index (χ3n) is 5.61. The predicted molar refractivity (Wildman–Crippen MR) is 90.2 cm³/mol. The minimum absolute atomic E-state index is 0.145. The van der Waals surface area contributed by atoms with Gasteiger partial charge in [0.15, 0.2) is 9.84 Å². The Morgan fingerprint density at radius 1 is 1.25 bits per heavy atom. The Kier molecular flexibility index (Phi) is 3.98. The molecule has 0 unspecified atom stereocenters. The van der Waals surface area contributed by atoms with Crippen LogP contribution in [-0.2, 0) is 21.2 Å². The molecule has 3 atom stereocenters. The maximum atomic E-state index is 12.9. The Balaban J connectivity index is 1.50. The van der Waals surface area contributed by atoms with Crippen molar-refractivity contribution in [2.45, 2.75) is 69.2 Å². The zero-order valence-corrected chi connectivity index (χ0v) is 14.9. The topological polar surface area (TPSA) is 67.6 Å². The van der Waals surface area contributed by atoms with Gasteiger partial charge in [0.2, 0.25) is 5.91 Å². The number of nitrogens with zero attached hydrogens (tertiary/aromatic N) is 1. The van der Waals surface area contributed by atoms with Crippen molar-refractivity contribution >= 4 is 15.7 Å². The summed E-state index contributed by atoms with van der Waals surface area (Å²) in [7, 11) is -3.29. The Hall–Kier alpha value is -1.30. The smallest absolute Gasteiger partial charge is 0.241 e. The van der Waals surface area contributed by atoms with Crippen molar-refractivity contribution in [3.8, 4) is 0 Å². The van der Waals surface area contributed by atoms with Gasteiger partial charge in [0, 0.05) is 12.0 Å². The second-order valence-corrected chi connectivity index (χ2v) is 9.98. The highest BCUT2D eigenvalue weighted by Gasteiger charge is 2.42. The third-order valence-corrected chi connectivity index (χ3v) is 7.77. The molecule has 6 heteroatoms. The van der Waals surface area contributed by atoms with E-state index in [1.807, 2.05) is 12.1 Å². The molecule has 3 aliphatic rings. The lowest BCUT2D eigenvalue weighted by atomic mass is 10.1. The summed E-state index contributed by atoms with van der Waals surface area (Å²) in [6.45, 7) is 2.61. The molecule has 4 rings (SSSR count). The first kappa shape index (κ1) is 16.2. The highest BCUT2D eigenvalue weighted by Crippen LogP contribution is 2.47. The zero-order chi connectivity index (χ0) is 16.9. The van der Waals surface area contributed by atoms with E-state index in [0.29, 0.717) is 31.2 Å². The summed E-state index contributed by atoms with van der Waals surface area (Å²) in [6, 6.07) is 4.14. The number of carbonyl (C=O) groups is 1. The summed E-state index contributed by atoms with van der Waals surface area (Å²) in [5.74, 6) is 2.91. The van der Waals surface area contributed by atoms with Gasteiger partial charge in [-0.1, -0.05) is 13.3 Å². The van der Waals surface area contributed by atoms with Gasteiger partial charge in [-0.25, -0.2) is 8.42 Å². The van der Waals surface area contributed by atoms with Gasteiger partial charge in [-0.15, -0.1) is 0 Å². The van der Waals surface area contributed by atoms with Crippen LogP contribution in [0.15, 0.2) is 16.5 Å². The summed E-state index contributed by atoms with van der Waals surface area (Å²) in [5.41, 5.74) is 0. The van der Waals surface area contributed by atoms with Crippen molar-refractivity contribution in [1.82, 2.24) is 4.90 Å². The van der Waals surface area contributed by atoms with Crippen LogP contribution < -0.4 is 0 Å². The van der Waals surface area contributed by atoms with Gasteiger partial charge in [0.1, 0.15) is 16.8 Å². The van der Waals surface area contributed by atoms with Crippen LogP contribution in [0.3, 0.4) is 0 Å². The standard InChI is InChI=1S/C18H25NO4S/c1-12-10-15(12)16-8-7-14(23-16)11-19(13-5-6-13)18(20)17-4-2-3-9-24(17,21)22/h7-8,12-13,15,17H,2-6,9-11H2,1H3/t12-,15-,17+/m1/s1. The van der Waals surface area contributed by atoms with E-state index in [9.17, 15) is 13.2 Å². The minimum atomic E-state index is -3.29. The average Bonchev–Trinajstić information content (AvgIpc) is 3.45. The normalized spacial score (nSPS) is 31.6. The quantitative estimate of drug-likeness (QED) is 0.818. The third kappa shape index (κ3) is 3.13. The second-order valence-electron chi connectivity index (χ2n) is 7.67. The molecule has 132 valence electrons. The summed E-state index contributed by atoms with van der Waals surface area (Å²) in [5, 5.41) is -0.843. The fraction of sp³-hybridized carbons (Fsp3) is 0.722. The van der Waals surface area contributed by atoms with E-state index in [2.05, 4.69) is 6.92 Å². The van der Waals surface area contributed by atoms with Crippen LogP contribution in [0.4, 0.5) is 0 Å². The first-order chi connectivity index (χ1) is 11.5.